The maximum atomic E-state index is 11.6. The van der Waals surface area contributed by atoms with E-state index >= 15 is 0 Å². The summed E-state index contributed by atoms with van der Waals surface area (Å²) in [6.45, 7) is 5.09. The predicted octanol–water partition coefficient (Wildman–Crippen LogP) is 9.71. The largest absolute Gasteiger partial charge is 0.463 e. The zero-order chi connectivity index (χ0) is 22.0. The highest BCUT2D eigenvalue weighted by atomic mass is 16.5. The molecule has 0 rings (SSSR count). The van der Waals surface area contributed by atoms with Crippen LogP contribution in [0.25, 0.3) is 0 Å². The molecule has 0 saturated carbocycles. The first-order chi connectivity index (χ1) is 14.8. The number of carbonyl (C=O) groups is 1. The van der Waals surface area contributed by atoms with E-state index in [0.717, 1.165) is 12.8 Å². The number of hydrogen-bond donors (Lipinski definition) is 0. The smallest absolute Gasteiger partial charge is 0.330 e. The van der Waals surface area contributed by atoms with Crippen LogP contribution in [-0.2, 0) is 9.53 Å². The molecule has 0 radical (unpaired) electrons. The normalized spacial score (nSPS) is 11.4. The van der Waals surface area contributed by atoms with Crippen molar-refractivity contribution >= 4 is 5.97 Å². The van der Waals surface area contributed by atoms with E-state index in [-0.39, 0.29) is 5.97 Å². The Morgan fingerprint density at radius 3 is 1.33 bits per heavy atom. The first-order valence-electron chi connectivity index (χ1n) is 13.6. The third kappa shape index (κ3) is 25.2. The number of esters is 1. The highest BCUT2D eigenvalue weighted by Gasteiger charge is 1.97. The molecule has 30 heavy (non-hydrogen) atoms. The zero-order valence-corrected chi connectivity index (χ0v) is 20.7. The lowest BCUT2D eigenvalue weighted by molar-refractivity contribution is -0.137. The number of rotatable bonds is 24. The van der Waals surface area contributed by atoms with Crippen LogP contribution in [0.5, 0.6) is 0 Å². The Morgan fingerprint density at radius 1 is 0.533 bits per heavy atom. The van der Waals surface area contributed by atoms with E-state index in [1.54, 1.807) is 6.08 Å². The molecule has 0 atom stereocenters. The molecule has 0 aliphatic carbocycles. The fraction of sp³-hybridized carbons (Fsp3) is 0.893. The first kappa shape index (κ1) is 29.2. The molecule has 0 aromatic rings. The molecule has 2 heteroatoms. The van der Waals surface area contributed by atoms with Crippen LogP contribution < -0.4 is 0 Å². The summed E-state index contributed by atoms with van der Waals surface area (Å²) in [5.41, 5.74) is 0. The molecule has 0 aliphatic rings. The van der Waals surface area contributed by atoms with Crippen molar-refractivity contribution in [2.75, 3.05) is 6.61 Å². The first-order valence-corrected chi connectivity index (χ1v) is 13.6. The highest BCUT2D eigenvalue weighted by Crippen LogP contribution is 2.13. The van der Waals surface area contributed by atoms with Crippen molar-refractivity contribution in [3.05, 3.63) is 12.2 Å². The van der Waals surface area contributed by atoms with E-state index in [9.17, 15) is 4.79 Å². The average molecular weight is 423 g/mol. The second kappa shape index (κ2) is 26.2. The van der Waals surface area contributed by atoms with Gasteiger partial charge >= 0.3 is 5.97 Å². The van der Waals surface area contributed by atoms with Gasteiger partial charge in [0.05, 0.1) is 6.61 Å². The number of unbranched alkanes of at least 4 members (excludes halogenated alkanes) is 20. The lowest BCUT2D eigenvalue weighted by atomic mass is 10.0. The van der Waals surface area contributed by atoms with E-state index in [4.69, 9.17) is 4.74 Å². The summed E-state index contributed by atoms with van der Waals surface area (Å²) in [6.07, 6.45) is 32.9. The molecule has 0 heterocycles. The number of allylic oxidation sites excluding steroid dienone is 1. The van der Waals surface area contributed by atoms with E-state index in [1.807, 2.05) is 6.08 Å². The summed E-state index contributed by atoms with van der Waals surface area (Å²) in [7, 11) is 0. The van der Waals surface area contributed by atoms with Crippen molar-refractivity contribution in [2.45, 2.75) is 155 Å². The van der Waals surface area contributed by atoms with Gasteiger partial charge in [-0.25, -0.2) is 4.79 Å². The molecule has 0 unspecified atom stereocenters. The minimum atomic E-state index is -0.162. The van der Waals surface area contributed by atoms with Crippen molar-refractivity contribution in [1.29, 1.82) is 0 Å². The Kier molecular flexibility index (Phi) is 25.6. The molecule has 0 aromatic carbocycles. The summed E-state index contributed by atoms with van der Waals surface area (Å²) >= 11 is 0. The molecular weight excluding hydrogens is 368 g/mol. The maximum absolute atomic E-state index is 11.6. The van der Waals surface area contributed by atoms with Crippen LogP contribution >= 0.6 is 0 Å². The Bertz CT molecular complexity index is 362. The molecule has 0 spiro atoms. The van der Waals surface area contributed by atoms with Gasteiger partial charge in [-0.15, -0.1) is 0 Å². The standard InChI is InChI=1S/C28H54O2/c1-3-5-7-9-11-12-13-14-15-16-17-18-19-20-21-22-24-26-28(29)30-27-25-23-10-8-6-4-2/h24,26H,3-23,25,27H2,1-2H3. The third-order valence-corrected chi connectivity index (χ3v) is 5.97. The van der Waals surface area contributed by atoms with Crippen LogP contribution in [0.1, 0.15) is 155 Å². The Morgan fingerprint density at radius 2 is 0.900 bits per heavy atom. The van der Waals surface area contributed by atoms with Gasteiger partial charge in [0.2, 0.25) is 0 Å². The van der Waals surface area contributed by atoms with Crippen molar-refractivity contribution in [3.63, 3.8) is 0 Å². The summed E-state index contributed by atoms with van der Waals surface area (Å²) in [4.78, 5) is 11.6. The molecule has 0 aromatic heterocycles. The maximum Gasteiger partial charge on any atom is 0.330 e. The number of carbonyl (C=O) groups excluding carboxylic acids is 1. The number of ether oxygens (including phenoxy) is 1. The van der Waals surface area contributed by atoms with Crippen LogP contribution in [0.4, 0.5) is 0 Å². The number of hydrogen-bond acceptors (Lipinski definition) is 2. The molecule has 0 aliphatic heterocycles. The topological polar surface area (TPSA) is 26.3 Å². The average Bonchev–Trinajstić information content (AvgIpc) is 2.75. The van der Waals surface area contributed by atoms with Gasteiger partial charge in [-0.1, -0.05) is 142 Å². The van der Waals surface area contributed by atoms with Crippen molar-refractivity contribution < 1.29 is 9.53 Å². The van der Waals surface area contributed by atoms with Gasteiger partial charge in [0.25, 0.3) is 0 Å². The Hall–Kier alpha value is -0.790. The van der Waals surface area contributed by atoms with Gasteiger partial charge in [-0.2, -0.15) is 0 Å². The van der Waals surface area contributed by atoms with E-state index in [0.29, 0.717) is 6.61 Å². The van der Waals surface area contributed by atoms with Gasteiger partial charge in [-0.05, 0) is 19.3 Å². The molecule has 0 N–H and O–H groups in total. The summed E-state index contributed by atoms with van der Waals surface area (Å²) in [6, 6.07) is 0. The van der Waals surface area contributed by atoms with Gasteiger partial charge < -0.3 is 4.74 Å². The van der Waals surface area contributed by atoms with Crippen molar-refractivity contribution in [2.24, 2.45) is 0 Å². The summed E-state index contributed by atoms with van der Waals surface area (Å²) in [5.74, 6) is -0.162. The summed E-state index contributed by atoms with van der Waals surface area (Å²) < 4.78 is 5.25. The molecule has 2 nitrogen and oxygen atoms in total. The predicted molar refractivity (Wildman–Crippen MR) is 133 cm³/mol. The molecule has 0 bridgehead atoms. The van der Waals surface area contributed by atoms with Crippen LogP contribution in [0.2, 0.25) is 0 Å². The fourth-order valence-electron chi connectivity index (χ4n) is 3.92. The zero-order valence-electron chi connectivity index (χ0n) is 20.7. The molecule has 0 fully saturated rings. The quantitative estimate of drug-likeness (QED) is 0.0878. The monoisotopic (exact) mass is 422 g/mol. The van der Waals surface area contributed by atoms with E-state index in [1.165, 1.54) is 128 Å². The minimum Gasteiger partial charge on any atom is -0.463 e. The van der Waals surface area contributed by atoms with Gasteiger partial charge in [0.15, 0.2) is 0 Å². The van der Waals surface area contributed by atoms with Crippen molar-refractivity contribution in [3.8, 4) is 0 Å². The van der Waals surface area contributed by atoms with Gasteiger partial charge in [0, 0.05) is 6.08 Å². The van der Waals surface area contributed by atoms with E-state index < -0.39 is 0 Å². The third-order valence-electron chi connectivity index (χ3n) is 5.97. The molecule has 0 amide bonds. The van der Waals surface area contributed by atoms with Crippen molar-refractivity contribution in [1.82, 2.24) is 0 Å². The van der Waals surface area contributed by atoms with Gasteiger partial charge in [0.1, 0.15) is 0 Å². The highest BCUT2D eigenvalue weighted by molar-refractivity contribution is 5.81. The molecule has 0 saturated heterocycles. The lowest BCUT2D eigenvalue weighted by Crippen LogP contribution is -2.02. The van der Waals surface area contributed by atoms with Crippen LogP contribution in [-0.4, -0.2) is 12.6 Å². The Balaban J connectivity index is 3.19. The van der Waals surface area contributed by atoms with Crippen LogP contribution in [0, 0.1) is 0 Å². The second-order valence-electron chi connectivity index (χ2n) is 9.08. The lowest BCUT2D eigenvalue weighted by Gasteiger charge is -2.03. The van der Waals surface area contributed by atoms with Crippen LogP contribution in [0.15, 0.2) is 12.2 Å². The SMILES string of the molecule is CCCCCCCCCCCCCCCCCC=CC(=O)OCCCCCCCC. The second-order valence-corrected chi connectivity index (χ2v) is 9.08. The Labute approximate surface area is 189 Å². The van der Waals surface area contributed by atoms with E-state index in [2.05, 4.69) is 13.8 Å². The molecule has 178 valence electrons. The summed E-state index contributed by atoms with van der Waals surface area (Å²) in [5, 5.41) is 0. The molecular formula is C28H54O2. The fourth-order valence-corrected chi connectivity index (χ4v) is 3.92. The minimum absolute atomic E-state index is 0.162. The van der Waals surface area contributed by atoms with Crippen LogP contribution in [0.3, 0.4) is 0 Å². The van der Waals surface area contributed by atoms with Gasteiger partial charge in [-0.3, -0.25) is 0 Å².